The topological polar surface area (TPSA) is 38.8 Å². The van der Waals surface area contributed by atoms with Gasteiger partial charge in [0.05, 0.1) is 13.0 Å². The van der Waals surface area contributed by atoms with Gasteiger partial charge in [0.15, 0.2) is 0 Å². The summed E-state index contributed by atoms with van der Waals surface area (Å²) in [6, 6.07) is 11.7. The van der Waals surface area contributed by atoms with Crippen LogP contribution in [0.3, 0.4) is 0 Å². The van der Waals surface area contributed by atoms with Gasteiger partial charge in [-0.2, -0.15) is 0 Å². The van der Waals surface area contributed by atoms with Crippen molar-refractivity contribution in [1.82, 2.24) is 0 Å². The van der Waals surface area contributed by atoms with Crippen molar-refractivity contribution in [3.8, 4) is 16.9 Å². The van der Waals surface area contributed by atoms with Gasteiger partial charge in [-0.25, -0.2) is 0 Å². The molecule has 4 nitrogen and oxygen atoms in total. The van der Waals surface area contributed by atoms with Gasteiger partial charge in [-0.05, 0) is 47.9 Å². The van der Waals surface area contributed by atoms with E-state index < -0.39 is 6.36 Å². The number of esters is 1. The lowest BCUT2D eigenvalue weighted by Crippen LogP contribution is -2.50. The maximum atomic E-state index is 12.4. The SMILES string of the molecule is COC(=O)C1CN(c2cc(C)cc(-c3cccc(OC(F)(F)F)c3)c2)C1. The quantitative estimate of drug-likeness (QED) is 0.763. The molecule has 1 saturated heterocycles. The summed E-state index contributed by atoms with van der Waals surface area (Å²) >= 11 is 0. The summed E-state index contributed by atoms with van der Waals surface area (Å²) < 4.78 is 46.0. The largest absolute Gasteiger partial charge is 0.573 e. The van der Waals surface area contributed by atoms with Crippen molar-refractivity contribution >= 4 is 11.7 Å². The molecule has 0 atom stereocenters. The number of hydrogen-bond acceptors (Lipinski definition) is 4. The molecule has 1 fully saturated rings. The molecule has 7 heteroatoms. The van der Waals surface area contributed by atoms with Crippen LogP contribution in [0.4, 0.5) is 18.9 Å². The fourth-order valence-corrected chi connectivity index (χ4v) is 2.99. The number of hydrogen-bond donors (Lipinski definition) is 0. The fourth-order valence-electron chi connectivity index (χ4n) is 2.99. The summed E-state index contributed by atoms with van der Waals surface area (Å²) in [6.45, 7) is 3.04. The van der Waals surface area contributed by atoms with Gasteiger partial charge < -0.3 is 14.4 Å². The highest BCUT2D eigenvalue weighted by atomic mass is 19.4. The van der Waals surface area contributed by atoms with E-state index in [0.29, 0.717) is 18.7 Å². The lowest BCUT2D eigenvalue weighted by Gasteiger charge is -2.39. The van der Waals surface area contributed by atoms with Crippen LogP contribution in [0.2, 0.25) is 0 Å². The van der Waals surface area contributed by atoms with Crippen molar-refractivity contribution in [2.45, 2.75) is 13.3 Å². The van der Waals surface area contributed by atoms with Crippen LogP contribution in [0.5, 0.6) is 5.75 Å². The Labute approximate surface area is 149 Å². The Morgan fingerprint density at radius 1 is 1.12 bits per heavy atom. The molecule has 2 aromatic carbocycles. The number of anilines is 1. The van der Waals surface area contributed by atoms with E-state index >= 15 is 0 Å². The number of rotatable bonds is 4. The second kappa shape index (κ2) is 6.90. The Kier molecular flexibility index (Phi) is 4.80. The Hall–Kier alpha value is -2.70. The molecule has 1 aliphatic heterocycles. The summed E-state index contributed by atoms with van der Waals surface area (Å²) in [4.78, 5) is 13.6. The summed E-state index contributed by atoms with van der Waals surface area (Å²) in [5.41, 5.74) is 3.30. The average molecular weight is 365 g/mol. The van der Waals surface area contributed by atoms with E-state index in [2.05, 4.69) is 4.74 Å². The number of halogens is 3. The maximum absolute atomic E-state index is 12.4. The molecular formula is C19H18F3NO3. The Balaban J connectivity index is 1.83. The van der Waals surface area contributed by atoms with Gasteiger partial charge >= 0.3 is 12.3 Å². The molecule has 0 N–H and O–H groups in total. The minimum absolute atomic E-state index is 0.146. The Morgan fingerprint density at radius 2 is 1.85 bits per heavy atom. The molecule has 0 aliphatic carbocycles. The van der Waals surface area contributed by atoms with E-state index in [1.54, 1.807) is 6.07 Å². The maximum Gasteiger partial charge on any atom is 0.573 e. The van der Waals surface area contributed by atoms with Crippen LogP contribution in [-0.4, -0.2) is 32.5 Å². The minimum atomic E-state index is -4.73. The molecule has 0 radical (unpaired) electrons. The highest BCUT2D eigenvalue weighted by molar-refractivity contribution is 5.78. The molecule has 0 saturated carbocycles. The van der Waals surface area contributed by atoms with Crippen LogP contribution in [0.1, 0.15) is 5.56 Å². The first-order valence-corrected chi connectivity index (χ1v) is 8.06. The standard InChI is InChI=1S/C19H18F3NO3/c1-12-6-14(13-4-3-5-17(9-13)26-19(20,21)22)8-16(7-12)23-10-15(11-23)18(24)25-2/h3-9,15H,10-11H2,1-2H3. The number of alkyl halides is 3. The highest BCUT2D eigenvalue weighted by Gasteiger charge is 2.34. The summed E-state index contributed by atoms with van der Waals surface area (Å²) in [5, 5.41) is 0. The first kappa shape index (κ1) is 18.1. The molecule has 1 heterocycles. The zero-order valence-corrected chi connectivity index (χ0v) is 14.3. The predicted molar refractivity (Wildman–Crippen MR) is 91.0 cm³/mol. The predicted octanol–water partition coefficient (Wildman–Crippen LogP) is 4.17. The number of ether oxygens (including phenoxy) is 2. The number of carbonyl (C=O) groups is 1. The summed E-state index contributed by atoms with van der Waals surface area (Å²) in [6.07, 6.45) is -4.73. The van der Waals surface area contributed by atoms with Gasteiger partial charge in [0.2, 0.25) is 0 Å². The van der Waals surface area contributed by atoms with Crippen molar-refractivity contribution < 1.29 is 27.4 Å². The summed E-state index contributed by atoms with van der Waals surface area (Å²) in [5.74, 6) is -0.633. The second-order valence-corrected chi connectivity index (χ2v) is 6.26. The van der Waals surface area contributed by atoms with E-state index in [9.17, 15) is 18.0 Å². The van der Waals surface area contributed by atoms with Crippen LogP contribution in [0, 0.1) is 12.8 Å². The first-order valence-electron chi connectivity index (χ1n) is 8.06. The van der Waals surface area contributed by atoms with Crippen molar-refractivity contribution in [2.75, 3.05) is 25.1 Å². The van der Waals surface area contributed by atoms with E-state index in [4.69, 9.17) is 4.74 Å². The molecule has 1 aliphatic rings. The van der Waals surface area contributed by atoms with Crippen molar-refractivity contribution in [3.05, 3.63) is 48.0 Å². The lowest BCUT2D eigenvalue weighted by atomic mass is 9.96. The number of carbonyl (C=O) groups excluding carboxylic acids is 1. The molecule has 2 aromatic rings. The molecule has 26 heavy (non-hydrogen) atoms. The lowest BCUT2D eigenvalue weighted by molar-refractivity contribution is -0.274. The summed E-state index contributed by atoms with van der Waals surface area (Å²) in [7, 11) is 1.37. The molecule has 3 rings (SSSR count). The van der Waals surface area contributed by atoms with E-state index in [-0.39, 0.29) is 17.6 Å². The van der Waals surface area contributed by atoms with Gasteiger partial charge in [0.25, 0.3) is 0 Å². The monoisotopic (exact) mass is 365 g/mol. The van der Waals surface area contributed by atoms with Crippen LogP contribution in [0.15, 0.2) is 42.5 Å². The van der Waals surface area contributed by atoms with Crippen LogP contribution >= 0.6 is 0 Å². The van der Waals surface area contributed by atoms with Crippen LogP contribution in [0.25, 0.3) is 11.1 Å². The molecule has 0 bridgehead atoms. The minimum Gasteiger partial charge on any atom is -0.469 e. The number of benzene rings is 2. The van der Waals surface area contributed by atoms with E-state index in [1.807, 2.05) is 30.0 Å². The van der Waals surface area contributed by atoms with E-state index in [1.165, 1.54) is 25.3 Å². The zero-order valence-electron chi connectivity index (χ0n) is 14.3. The fraction of sp³-hybridized carbons (Fsp3) is 0.316. The van der Waals surface area contributed by atoms with Crippen LogP contribution < -0.4 is 9.64 Å². The van der Waals surface area contributed by atoms with Crippen LogP contribution in [-0.2, 0) is 9.53 Å². The zero-order chi connectivity index (χ0) is 18.9. The second-order valence-electron chi connectivity index (χ2n) is 6.26. The molecule has 138 valence electrons. The number of aryl methyl sites for hydroxylation is 1. The molecular weight excluding hydrogens is 347 g/mol. The Morgan fingerprint density at radius 3 is 2.50 bits per heavy atom. The van der Waals surface area contributed by atoms with Crippen molar-refractivity contribution in [3.63, 3.8) is 0 Å². The van der Waals surface area contributed by atoms with Gasteiger partial charge in [-0.1, -0.05) is 18.2 Å². The third-order valence-electron chi connectivity index (χ3n) is 4.24. The molecule has 0 amide bonds. The molecule has 0 aromatic heterocycles. The van der Waals surface area contributed by atoms with Crippen molar-refractivity contribution in [2.24, 2.45) is 5.92 Å². The van der Waals surface area contributed by atoms with Gasteiger partial charge in [-0.15, -0.1) is 13.2 Å². The third-order valence-corrected chi connectivity index (χ3v) is 4.24. The molecule has 0 unspecified atom stereocenters. The van der Waals surface area contributed by atoms with E-state index in [0.717, 1.165) is 16.8 Å². The van der Waals surface area contributed by atoms with Gasteiger partial charge in [0.1, 0.15) is 5.75 Å². The average Bonchev–Trinajstić information content (AvgIpc) is 2.51. The number of methoxy groups -OCH3 is 1. The Bertz CT molecular complexity index is 814. The van der Waals surface area contributed by atoms with Gasteiger partial charge in [0, 0.05) is 18.8 Å². The third kappa shape index (κ3) is 4.09. The smallest absolute Gasteiger partial charge is 0.469 e. The first-order chi connectivity index (χ1) is 12.2. The molecule has 0 spiro atoms. The number of nitrogens with zero attached hydrogens (tertiary/aromatic N) is 1. The van der Waals surface area contributed by atoms with Gasteiger partial charge in [-0.3, -0.25) is 4.79 Å². The van der Waals surface area contributed by atoms with Crippen molar-refractivity contribution in [1.29, 1.82) is 0 Å². The normalized spacial score (nSPS) is 14.7. The highest BCUT2D eigenvalue weighted by Crippen LogP contribution is 2.33.